The van der Waals surface area contributed by atoms with Gasteiger partial charge in [-0.05, 0) is 12.0 Å². The van der Waals surface area contributed by atoms with Crippen molar-refractivity contribution in [3.63, 3.8) is 0 Å². The van der Waals surface area contributed by atoms with Gasteiger partial charge < -0.3 is 9.80 Å². The molecule has 0 aromatic heterocycles. The fourth-order valence-corrected chi connectivity index (χ4v) is 3.10. The lowest BCUT2D eigenvalue weighted by Gasteiger charge is -2.36. The molecular weight excluding hydrogens is 332 g/mol. The summed E-state index contributed by atoms with van der Waals surface area (Å²) < 4.78 is 0. The lowest BCUT2D eigenvalue weighted by Crippen LogP contribution is -2.64. The maximum atomic E-state index is 12.4. The van der Waals surface area contributed by atoms with Crippen LogP contribution in [0, 0.1) is 0 Å². The molecular formula is C18H24N6O2. The standard InChI is InChI=1S/C18H24N6O2/c1-3-4-8-11-24-14-15(23(2)18(26)21-16(14)25)20-17(24)22-19-12-13-9-6-5-7-10-13/h5-7,9-10,12,14-15H,3-4,8,11H2,1-2H3,(H,20,22)(H,21,25,26)/b19-12+. The molecule has 2 N–H and O–H groups in total. The Morgan fingerprint density at radius 3 is 2.77 bits per heavy atom. The number of aliphatic imine (C=N–C) groups is 1. The zero-order chi connectivity index (χ0) is 18.5. The van der Waals surface area contributed by atoms with Crippen LogP contribution in [0.2, 0.25) is 0 Å². The number of unbranched alkanes of at least 4 members (excludes halogenated alkanes) is 2. The third-order valence-electron chi connectivity index (χ3n) is 4.54. The zero-order valence-electron chi connectivity index (χ0n) is 15.1. The molecule has 2 unspecified atom stereocenters. The molecule has 0 aliphatic carbocycles. The first-order valence-electron chi connectivity index (χ1n) is 8.88. The van der Waals surface area contributed by atoms with E-state index in [0.717, 1.165) is 24.8 Å². The quantitative estimate of drug-likeness (QED) is 0.457. The summed E-state index contributed by atoms with van der Waals surface area (Å²) in [5, 5.41) is 6.64. The van der Waals surface area contributed by atoms with Gasteiger partial charge in [0, 0.05) is 13.6 Å². The highest BCUT2D eigenvalue weighted by Crippen LogP contribution is 2.23. The average Bonchev–Trinajstić information content (AvgIpc) is 3.00. The molecule has 8 nitrogen and oxygen atoms in total. The normalized spacial score (nSPS) is 22.5. The number of hydrogen-bond acceptors (Lipinski definition) is 6. The second kappa shape index (κ2) is 7.99. The molecule has 1 fully saturated rings. The van der Waals surface area contributed by atoms with Gasteiger partial charge in [0.05, 0.1) is 6.21 Å². The molecule has 1 aromatic carbocycles. The third-order valence-corrected chi connectivity index (χ3v) is 4.54. The largest absolute Gasteiger partial charge is 0.326 e. The molecule has 2 aliphatic heterocycles. The number of carbonyl (C=O) groups is 2. The number of carbonyl (C=O) groups excluding carboxylic acids is 2. The van der Waals surface area contributed by atoms with Crippen LogP contribution in [0.5, 0.6) is 0 Å². The highest BCUT2D eigenvalue weighted by Gasteiger charge is 2.48. The first-order chi connectivity index (χ1) is 12.6. The van der Waals surface area contributed by atoms with Crippen molar-refractivity contribution < 1.29 is 9.59 Å². The molecule has 3 amide bonds. The maximum Gasteiger partial charge on any atom is 0.325 e. The third kappa shape index (κ3) is 3.68. The van der Waals surface area contributed by atoms with E-state index < -0.39 is 18.2 Å². The molecule has 2 atom stereocenters. The van der Waals surface area contributed by atoms with Crippen LogP contribution in [0.3, 0.4) is 0 Å². The van der Waals surface area contributed by atoms with Crippen molar-refractivity contribution in [1.82, 2.24) is 20.5 Å². The Bertz CT molecular complexity index is 718. The van der Waals surface area contributed by atoms with Crippen molar-refractivity contribution in [3.8, 4) is 0 Å². The SMILES string of the molecule is CCCCCN1C(N/N=C/c2ccccc2)=NC2C1C(=O)NC(=O)N2C. The number of rotatable bonds is 6. The second-order valence-corrected chi connectivity index (χ2v) is 6.40. The minimum absolute atomic E-state index is 0.317. The molecule has 2 aliphatic rings. The van der Waals surface area contributed by atoms with Crippen LogP contribution in [-0.2, 0) is 4.79 Å². The van der Waals surface area contributed by atoms with E-state index in [1.165, 1.54) is 4.90 Å². The van der Waals surface area contributed by atoms with Gasteiger partial charge in [0.2, 0.25) is 5.96 Å². The first-order valence-corrected chi connectivity index (χ1v) is 8.88. The maximum absolute atomic E-state index is 12.4. The summed E-state index contributed by atoms with van der Waals surface area (Å²) in [6.07, 6.45) is 4.24. The van der Waals surface area contributed by atoms with Crippen LogP contribution < -0.4 is 10.7 Å². The summed E-state index contributed by atoms with van der Waals surface area (Å²) in [5.74, 6) is 0.196. The minimum Gasteiger partial charge on any atom is -0.326 e. The number of amides is 3. The summed E-state index contributed by atoms with van der Waals surface area (Å²) in [5.41, 5.74) is 3.90. The Hall–Kier alpha value is -2.90. The summed E-state index contributed by atoms with van der Waals surface area (Å²) in [6.45, 7) is 2.81. The van der Waals surface area contributed by atoms with Crippen molar-refractivity contribution in [3.05, 3.63) is 35.9 Å². The number of urea groups is 1. The number of imide groups is 1. The Kier molecular flexibility index (Phi) is 5.50. The number of hydrogen-bond donors (Lipinski definition) is 2. The summed E-state index contributed by atoms with van der Waals surface area (Å²) in [7, 11) is 1.64. The molecule has 2 heterocycles. The topological polar surface area (TPSA) is 89.4 Å². The van der Waals surface area contributed by atoms with Crippen molar-refractivity contribution in [2.45, 2.75) is 38.4 Å². The number of likely N-dealkylation sites (N-methyl/N-ethyl adjacent to an activating group) is 1. The Morgan fingerprint density at radius 1 is 1.27 bits per heavy atom. The van der Waals surface area contributed by atoms with Crippen molar-refractivity contribution in [1.29, 1.82) is 0 Å². The fourth-order valence-electron chi connectivity index (χ4n) is 3.10. The van der Waals surface area contributed by atoms with E-state index in [0.29, 0.717) is 12.5 Å². The van der Waals surface area contributed by atoms with Gasteiger partial charge in [0.25, 0.3) is 5.91 Å². The van der Waals surface area contributed by atoms with Gasteiger partial charge in [-0.25, -0.2) is 15.2 Å². The van der Waals surface area contributed by atoms with Gasteiger partial charge in [0.1, 0.15) is 0 Å². The average molecular weight is 356 g/mol. The van der Waals surface area contributed by atoms with Crippen molar-refractivity contribution >= 4 is 24.1 Å². The van der Waals surface area contributed by atoms with Crippen LogP contribution >= 0.6 is 0 Å². The van der Waals surface area contributed by atoms with Crippen molar-refractivity contribution in [2.75, 3.05) is 13.6 Å². The Morgan fingerprint density at radius 2 is 2.04 bits per heavy atom. The predicted octanol–water partition coefficient (Wildman–Crippen LogP) is 1.35. The number of hydrazone groups is 1. The van der Waals surface area contributed by atoms with Gasteiger partial charge in [0.15, 0.2) is 12.2 Å². The fraction of sp³-hybridized carbons (Fsp3) is 0.444. The van der Waals surface area contributed by atoms with E-state index in [-0.39, 0.29) is 5.91 Å². The Labute approximate surface area is 153 Å². The van der Waals surface area contributed by atoms with Gasteiger partial charge in [-0.2, -0.15) is 5.10 Å². The Balaban J connectivity index is 1.76. The summed E-state index contributed by atoms with van der Waals surface area (Å²) in [4.78, 5) is 32.2. The first kappa shape index (κ1) is 17.9. The van der Waals surface area contributed by atoms with E-state index in [4.69, 9.17) is 0 Å². The van der Waals surface area contributed by atoms with Crippen LogP contribution in [-0.4, -0.2) is 59.7 Å². The highest BCUT2D eigenvalue weighted by atomic mass is 16.2. The zero-order valence-corrected chi connectivity index (χ0v) is 15.1. The van der Waals surface area contributed by atoms with Crippen molar-refractivity contribution in [2.24, 2.45) is 10.1 Å². The molecule has 0 radical (unpaired) electrons. The highest BCUT2D eigenvalue weighted by molar-refractivity contribution is 6.03. The minimum atomic E-state index is -0.535. The number of nitrogens with one attached hydrogen (secondary N) is 2. The molecule has 138 valence electrons. The van der Waals surface area contributed by atoms with Gasteiger partial charge >= 0.3 is 6.03 Å². The van der Waals surface area contributed by atoms with E-state index in [1.807, 2.05) is 35.2 Å². The number of fused-ring (bicyclic) bond motifs is 1. The number of nitrogens with zero attached hydrogens (tertiary/aromatic N) is 4. The molecule has 0 saturated carbocycles. The summed E-state index contributed by atoms with van der Waals surface area (Å²) in [6, 6.07) is 8.75. The molecule has 0 bridgehead atoms. The molecule has 1 saturated heterocycles. The van der Waals surface area contributed by atoms with Crippen LogP contribution in [0.1, 0.15) is 31.7 Å². The summed E-state index contributed by atoms with van der Waals surface area (Å²) >= 11 is 0. The predicted molar refractivity (Wildman–Crippen MR) is 99.7 cm³/mol. The lowest BCUT2D eigenvalue weighted by molar-refractivity contribution is -0.127. The van der Waals surface area contributed by atoms with Crippen LogP contribution in [0.15, 0.2) is 40.4 Å². The molecule has 0 spiro atoms. The number of guanidine groups is 1. The molecule has 8 heteroatoms. The number of benzene rings is 1. The van der Waals surface area contributed by atoms with E-state index in [9.17, 15) is 9.59 Å². The van der Waals surface area contributed by atoms with E-state index >= 15 is 0 Å². The molecule has 26 heavy (non-hydrogen) atoms. The van der Waals surface area contributed by atoms with E-state index in [2.05, 4.69) is 27.8 Å². The van der Waals surface area contributed by atoms with Gasteiger partial charge in [-0.15, -0.1) is 0 Å². The second-order valence-electron chi connectivity index (χ2n) is 6.40. The molecule has 1 aromatic rings. The molecule has 3 rings (SSSR count). The lowest BCUT2D eigenvalue weighted by atomic mass is 10.1. The van der Waals surface area contributed by atoms with Crippen LogP contribution in [0.25, 0.3) is 0 Å². The van der Waals surface area contributed by atoms with Gasteiger partial charge in [-0.3, -0.25) is 10.1 Å². The van der Waals surface area contributed by atoms with Crippen LogP contribution in [0.4, 0.5) is 4.79 Å². The van der Waals surface area contributed by atoms with E-state index in [1.54, 1.807) is 13.3 Å². The monoisotopic (exact) mass is 356 g/mol. The smallest absolute Gasteiger partial charge is 0.325 e. The van der Waals surface area contributed by atoms with Gasteiger partial charge in [-0.1, -0.05) is 50.1 Å².